The van der Waals surface area contributed by atoms with Crippen molar-refractivity contribution < 1.29 is 19.7 Å². The van der Waals surface area contributed by atoms with E-state index in [0.29, 0.717) is 12.3 Å². The van der Waals surface area contributed by atoms with Gasteiger partial charge in [0.05, 0.1) is 13.2 Å². The van der Waals surface area contributed by atoms with E-state index in [-0.39, 0.29) is 19.8 Å². The summed E-state index contributed by atoms with van der Waals surface area (Å²) in [5.74, 6) is 0.206. The molecule has 0 aliphatic rings. The minimum atomic E-state index is -1.27. The van der Waals surface area contributed by atoms with E-state index in [1.165, 1.54) is 4.90 Å². The molecule has 0 aliphatic carbocycles. The number of carbonyl (C=O) groups excluding carboxylic acids is 1. The van der Waals surface area contributed by atoms with E-state index >= 15 is 0 Å². The van der Waals surface area contributed by atoms with Gasteiger partial charge in [-0.1, -0.05) is 18.2 Å². The Morgan fingerprint density at radius 1 is 1.25 bits per heavy atom. The Kier molecular flexibility index (Phi) is 6.78. The third kappa shape index (κ3) is 4.80. The summed E-state index contributed by atoms with van der Waals surface area (Å²) >= 11 is 1.56. The van der Waals surface area contributed by atoms with E-state index in [4.69, 9.17) is 4.74 Å². The largest absolute Gasteiger partial charge is 0.490 e. The number of aliphatic hydroxyl groups excluding tert-OH is 2. The van der Waals surface area contributed by atoms with Crippen LogP contribution in [0.3, 0.4) is 0 Å². The third-order valence-electron chi connectivity index (χ3n) is 3.76. The zero-order valence-electron chi connectivity index (χ0n) is 13.9. The van der Waals surface area contributed by atoms with Crippen molar-refractivity contribution in [3.63, 3.8) is 0 Å². The normalized spacial score (nSPS) is 12.0. The predicted octanol–water partition coefficient (Wildman–Crippen LogP) is 2.13. The maximum absolute atomic E-state index is 12.5. The SMILES string of the molecule is Cc1ccccc1OCC(O)C(=O)N(CCO)Cc1sccc1C. The number of hydrogen-bond donors (Lipinski definition) is 2. The van der Waals surface area contributed by atoms with E-state index in [2.05, 4.69) is 0 Å². The molecule has 2 rings (SSSR count). The van der Waals surface area contributed by atoms with Crippen molar-refractivity contribution in [1.82, 2.24) is 4.90 Å². The highest BCUT2D eigenvalue weighted by Crippen LogP contribution is 2.19. The van der Waals surface area contributed by atoms with Crippen molar-refractivity contribution in [3.8, 4) is 5.75 Å². The van der Waals surface area contributed by atoms with Gasteiger partial charge in [0.1, 0.15) is 12.4 Å². The number of ether oxygens (including phenoxy) is 1. The molecule has 6 heteroatoms. The molecule has 1 aromatic carbocycles. The number of amides is 1. The first-order valence-corrected chi connectivity index (χ1v) is 8.70. The molecular weight excluding hydrogens is 326 g/mol. The van der Waals surface area contributed by atoms with Crippen LogP contribution in [0.25, 0.3) is 0 Å². The van der Waals surface area contributed by atoms with Gasteiger partial charge in [0.2, 0.25) is 0 Å². The van der Waals surface area contributed by atoms with Crippen molar-refractivity contribution in [2.24, 2.45) is 0 Å². The summed E-state index contributed by atoms with van der Waals surface area (Å²) in [4.78, 5) is 15.0. The summed E-state index contributed by atoms with van der Waals surface area (Å²) < 4.78 is 5.55. The molecule has 1 aromatic heterocycles. The van der Waals surface area contributed by atoms with Crippen molar-refractivity contribution >= 4 is 17.2 Å². The Bertz CT molecular complexity index is 671. The molecule has 2 N–H and O–H groups in total. The topological polar surface area (TPSA) is 70.0 Å². The fourth-order valence-corrected chi connectivity index (χ4v) is 3.22. The van der Waals surface area contributed by atoms with Crippen LogP contribution in [-0.4, -0.2) is 46.9 Å². The number of thiophene rings is 1. The molecule has 5 nitrogen and oxygen atoms in total. The Hall–Kier alpha value is -1.89. The van der Waals surface area contributed by atoms with Crippen LogP contribution in [-0.2, 0) is 11.3 Å². The zero-order chi connectivity index (χ0) is 17.5. The molecule has 2 aromatic rings. The van der Waals surface area contributed by atoms with E-state index in [1.807, 2.05) is 43.5 Å². The summed E-state index contributed by atoms with van der Waals surface area (Å²) in [6.45, 7) is 4.17. The molecule has 0 radical (unpaired) electrons. The number of benzene rings is 1. The monoisotopic (exact) mass is 349 g/mol. The number of rotatable bonds is 8. The zero-order valence-corrected chi connectivity index (χ0v) is 14.8. The second-order valence-electron chi connectivity index (χ2n) is 5.60. The maximum atomic E-state index is 12.5. The molecule has 0 saturated heterocycles. The van der Waals surface area contributed by atoms with Crippen LogP contribution in [0.1, 0.15) is 16.0 Å². The van der Waals surface area contributed by atoms with Crippen molar-refractivity contribution in [3.05, 3.63) is 51.7 Å². The summed E-state index contributed by atoms with van der Waals surface area (Å²) in [7, 11) is 0. The number of aliphatic hydroxyl groups is 2. The van der Waals surface area contributed by atoms with Crippen molar-refractivity contribution in [1.29, 1.82) is 0 Å². The minimum Gasteiger partial charge on any atom is -0.490 e. The third-order valence-corrected chi connectivity index (χ3v) is 4.77. The van der Waals surface area contributed by atoms with E-state index < -0.39 is 12.0 Å². The molecule has 1 amide bonds. The first-order chi connectivity index (χ1) is 11.5. The quantitative estimate of drug-likeness (QED) is 0.766. The summed E-state index contributed by atoms with van der Waals surface area (Å²) in [6, 6.07) is 9.43. The lowest BCUT2D eigenvalue weighted by Crippen LogP contribution is -2.42. The number of carbonyl (C=O) groups is 1. The highest BCUT2D eigenvalue weighted by molar-refractivity contribution is 7.10. The maximum Gasteiger partial charge on any atom is 0.255 e. The standard InChI is InChI=1S/C18H23NO4S/c1-13-5-3-4-6-16(13)23-12-15(21)18(22)19(8-9-20)11-17-14(2)7-10-24-17/h3-7,10,15,20-21H,8-9,11-12H2,1-2H3. The number of para-hydroxylation sites is 1. The first kappa shape index (κ1) is 18.4. The van der Waals surface area contributed by atoms with Crippen LogP contribution < -0.4 is 4.74 Å². The minimum absolute atomic E-state index is 0.116. The number of nitrogens with zero attached hydrogens (tertiary/aromatic N) is 1. The van der Waals surface area contributed by atoms with Gasteiger partial charge in [-0.05, 0) is 42.5 Å². The van der Waals surface area contributed by atoms with Crippen molar-refractivity contribution in [2.75, 3.05) is 19.8 Å². The van der Waals surface area contributed by atoms with Crippen LogP contribution in [0.15, 0.2) is 35.7 Å². The Morgan fingerprint density at radius 2 is 2.00 bits per heavy atom. The van der Waals surface area contributed by atoms with Gasteiger partial charge < -0.3 is 19.8 Å². The summed E-state index contributed by atoms with van der Waals surface area (Å²) in [5, 5.41) is 21.3. The molecule has 0 saturated carbocycles. The van der Waals surface area contributed by atoms with Crippen LogP contribution in [0.4, 0.5) is 0 Å². The van der Waals surface area contributed by atoms with Gasteiger partial charge in [0.25, 0.3) is 5.91 Å². The van der Waals surface area contributed by atoms with Gasteiger partial charge >= 0.3 is 0 Å². The molecule has 0 spiro atoms. The van der Waals surface area contributed by atoms with Gasteiger partial charge in [-0.15, -0.1) is 11.3 Å². The number of aryl methyl sites for hydroxylation is 2. The second kappa shape index (κ2) is 8.82. The van der Waals surface area contributed by atoms with Crippen LogP contribution in [0, 0.1) is 13.8 Å². The van der Waals surface area contributed by atoms with E-state index in [1.54, 1.807) is 17.4 Å². The molecule has 0 bridgehead atoms. The second-order valence-corrected chi connectivity index (χ2v) is 6.60. The highest BCUT2D eigenvalue weighted by atomic mass is 32.1. The predicted molar refractivity (Wildman–Crippen MR) is 94.2 cm³/mol. The van der Waals surface area contributed by atoms with E-state index in [9.17, 15) is 15.0 Å². The average Bonchev–Trinajstić information content (AvgIpc) is 2.97. The molecule has 0 fully saturated rings. The lowest BCUT2D eigenvalue weighted by Gasteiger charge is -2.24. The molecule has 1 heterocycles. The lowest BCUT2D eigenvalue weighted by molar-refractivity contribution is -0.142. The molecule has 130 valence electrons. The Balaban J connectivity index is 1.97. The van der Waals surface area contributed by atoms with Gasteiger partial charge in [-0.25, -0.2) is 0 Å². The fourth-order valence-electron chi connectivity index (χ4n) is 2.30. The first-order valence-electron chi connectivity index (χ1n) is 7.82. The smallest absolute Gasteiger partial charge is 0.255 e. The van der Waals surface area contributed by atoms with Gasteiger partial charge in [0.15, 0.2) is 6.10 Å². The number of hydrogen-bond acceptors (Lipinski definition) is 5. The van der Waals surface area contributed by atoms with E-state index in [0.717, 1.165) is 16.0 Å². The van der Waals surface area contributed by atoms with Gasteiger partial charge in [-0.3, -0.25) is 4.79 Å². The van der Waals surface area contributed by atoms with Crippen LogP contribution in [0.5, 0.6) is 5.75 Å². The highest BCUT2D eigenvalue weighted by Gasteiger charge is 2.23. The molecule has 1 unspecified atom stereocenters. The molecule has 1 atom stereocenters. The molecule has 24 heavy (non-hydrogen) atoms. The van der Waals surface area contributed by atoms with Crippen LogP contribution in [0.2, 0.25) is 0 Å². The van der Waals surface area contributed by atoms with Gasteiger partial charge in [-0.2, -0.15) is 0 Å². The lowest BCUT2D eigenvalue weighted by atomic mass is 10.2. The van der Waals surface area contributed by atoms with Gasteiger partial charge in [0, 0.05) is 11.4 Å². The summed E-state index contributed by atoms with van der Waals surface area (Å²) in [5.41, 5.74) is 2.04. The molecular formula is C18H23NO4S. The Labute approximate surface area is 146 Å². The fraction of sp³-hybridized carbons (Fsp3) is 0.389. The Morgan fingerprint density at radius 3 is 2.62 bits per heavy atom. The average molecular weight is 349 g/mol. The van der Waals surface area contributed by atoms with Crippen molar-refractivity contribution in [2.45, 2.75) is 26.5 Å². The molecule has 0 aliphatic heterocycles. The summed E-state index contributed by atoms with van der Waals surface area (Å²) in [6.07, 6.45) is -1.27. The van der Waals surface area contributed by atoms with Crippen LogP contribution >= 0.6 is 11.3 Å².